The summed E-state index contributed by atoms with van der Waals surface area (Å²) in [4.78, 5) is 2.42. The van der Waals surface area contributed by atoms with Gasteiger partial charge in [-0.15, -0.1) is 0 Å². The lowest BCUT2D eigenvalue weighted by atomic mass is 9.87. The normalized spacial score (nSPS) is 23.3. The zero-order valence-corrected chi connectivity index (χ0v) is 12.7. The fourth-order valence-electron chi connectivity index (χ4n) is 2.76. The minimum Gasteiger partial charge on any atom is -0.381 e. The van der Waals surface area contributed by atoms with E-state index in [4.69, 9.17) is 10.5 Å². The van der Waals surface area contributed by atoms with Crippen molar-refractivity contribution >= 4 is 0 Å². The lowest BCUT2D eigenvalue weighted by molar-refractivity contribution is 0.0416. The topological polar surface area (TPSA) is 38.5 Å². The third-order valence-corrected chi connectivity index (χ3v) is 3.58. The van der Waals surface area contributed by atoms with Crippen molar-refractivity contribution in [3.8, 4) is 0 Å². The first-order valence-electron chi connectivity index (χ1n) is 7.39. The van der Waals surface area contributed by atoms with Crippen LogP contribution < -0.4 is 5.73 Å². The molecular weight excluding hydrogens is 224 g/mol. The van der Waals surface area contributed by atoms with Crippen LogP contribution in [0.1, 0.15) is 46.5 Å². The van der Waals surface area contributed by atoms with Crippen molar-refractivity contribution in [2.24, 2.45) is 17.1 Å². The highest BCUT2D eigenvalue weighted by molar-refractivity contribution is 4.73. The van der Waals surface area contributed by atoms with Gasteiger partial charge in [-0.05, 0) is 50.6 Å². The summed E-state index contributed by atoms with van der Waals surface area (Å²) in [6.45, 7) is 10.9. The summed E-state index contributed by atoms with van der Waals surface area (Å²) in [6, 6.07) is 0.329. The fourth-order valence-corrected chi connectivity index (χ4v) is 2.76. The zero-order valence-electron chi connectivity index (χ0n) is 12.7. The molecule has 2 unspecified atom stereocenters. The zero-order chi connectivity index (χ0) is 13.6. The van der Waals surface area contributed by atoms with Crippen LogP contribution in [-0.4, -0.2) is 44.3 Å². The molecule has 1 aliphatic heterocycles. The van der Waals surface area contributed by atoms with E-state index in [1.54, 1.807) is 0 Å². The molecule has 2 N–H and O–H groups in total. The lowest BCUT2D eigenvalue weighted by Gasteiger charge is -2.29. The first kappa shape index (κ1) is 15.9. The number of rotatable bonds is 6. The molecular formula is C15H32N2O. The quantitative estimate of drug-likeness (QED) is 0.793. The van der Waals surface area contributed by atoms with E-state index >= 15 is 0 Å². The van der Waals surface area contributed by atoms with Gasteiger partial charge in [0.1, 0.15) is 0 Å². The van der Waals surface area contributed by atoms with Gasteiger partial charge in [0, 0.05) is 19.2 Å². The van der Waals surface area contributed by atoms with Crippen molar-refractivity contribution in [1.82, 2.24) is 4.90 Å². The fraction of sp³-hybridized carbons (Fsp3) is 1.00. The molecule has 1 rings (SSSR count). The maximum absolute atomic E-state index is 6.19. The van der Waals surface area contributed by atoms with Crippen LogP contribution in [0, 0.1) is 11.3 Å². The lowest BCUT2D eigenvalue weighted by Crippen LogP contribution is -2.35. The summed E-state index contributed by atoms with van der Waals surface area (Å²) in [5.41, 5.74) is 6.53. The molecule has 108 valence electrons. The molecule has 0 aromatic carbocycles. The molecule has 2 atom stereocenters. The van der Waals surface area contributed by atoms with E-state index < -0.39 is 0 Å². The number of hydrogen-bond acceptors (Lipinski definition) is 3. The van der Waals surface area contributed by atoms with Crippen molar-refractivity contribution in [3.63, 3.8) is 0 Å². The molecule has 0 radical (unpaired) electrons. The second kappa shape index (κ2) is 7.46. The number of nitrogens with zero attached hydrogens (tertiary/aromatic N) is 1. The van der Waals surface area contributed by atoms with Crippen LogP contribution in [0.15, 0.2) is 0 Å². The summed E-state index contributed by atoms with van der Waals surface area (Å²) in [6.07, 6.45) is 4.75. The van der Waals surface area contributed by atoms with Gasteiger partial charge in [-0.2, -0.15) is 0 Å². The highest BCUT2D eigenvalue weighted by Crippen LogP contribution is 2.21. The minimum absolute atomic E-state index is 0.329. The standard InChI is InChI=1S/C15H32N2O/c1-15(2,3)10-14(16)7-8-17(4)11-13-6-5-9-18-12-13/h13-14H,5-12,16H2,1-4H3. The Morgan fingerprint density at radius 1 is 1.39 bits per heavy atom. The largest absolute Gasteiger partial charge is 0.381 e. The third kappa shape index (κ3) is 7.34. The SMILES string of the molecule is CN(CCC(N)CC(C)(C)C)CC1CCCOC1. The Bertz CT molecular complexity index is 219. The van der Waals surface area contributed by atoms with Crippen LogP contribution in [0.2, 0.25) is 0 Å². The maximum atomic E-state index is 6.19. The molecule has 0 amide bonds. The smallest absolute Gasteiger partial charge is 0.0506 e. The molecule has 1 fully saturated rings. The Morgan fingerprint density at radius 2 is 2.11 bits per heavy atom. The molecule has 18 heavy (non-hydrogen) atoms. The Hall–Kier alpha value is -0.120. The summed E-state index contributed by atoms with van der Waals surface area (Å²) in [5.74, 6) is 0.725. The molecule has 1 heterocycles. The molecule has 0 aromatic rings. The molecule has 3 heteroatoms. The van der Waals surface area contributed by atoms with Crippen molar-refractivity contribution in [2.45, 2.75) is 52.5 Å². The Morgan fingerprint density at radius 3 is 2.67 bits per heavy atom. The maximum Gasteiger partial charge on any atom is 0.0506 e. The molecule has 1 saturated heterocycles. The van der Waals surface area contributed by atoms with E-state index in [1.165, 1.54) is 12.8 Å². The first-order valence-corrected chi connectivity index (χ1v) is 7.39. The molecule has 3 nitrogen and oxygen atoms in total. The Labute approximate surface area is 113 Å². The summed E-state index contributed by atoms with van der Waals surface area (Å²) >= 11 is 0. The van der Waals surface area contributed by atoms with E-state index in [1.807, 2.05) is 0 Å². The highest BCUT2D eigenvalue weighted by atomic mass is 16.5. The van der Waals surface area contributed by atoms with E-state index in [2.05, 4.69) is 32.7 Å². The van der Waals surface area contributed by atoms with Crippen molar-refractivity contribution < 1.29 is 4.74 Å². The van der Waals surface area contributed by atoms with Gasteiger partial charge in [-0.1, -0.05) is 20.8 Å². The summed E-state index contributed by atoms with van der Waals surface area (Å²) in [7, 11) is 2.21. The molecule has 0 saturated carbocycles. The number of hydrogen-bond donors (Lipinski definition) is 1. The van der Waals surface area contributed by atoms with Gasteiger partial charge < -0.3 is 15.4 Å². The van der Waals surface area contributed by atoms with E-state index in [0.29, 0.717) is 11.5 Å². The van der Waals surface area contributed by atoms with Crippen molar-refractivity contribution in [1.29, 1.82) is 0 Å². The predicted octanol–water partition coefficient (Wildman–Crippen LogP) is 2.50. The van der Waals surface area contributed by atoms with Crippen LogP contribution >= 0.6 is 0 Å². The average Bonchev–Trinajstić information content (AvgIpc) is 2.25. The Balaban J connectivity index is 2.13. The average molecular weight is 256 g/mol. The van der Waals surface area contributed by atoms with Gasteiger partial charge in [0.15, 0.2) is 0 Å². The van der Waals surface area contributed by atoms with E-state index in [-0.39, 0.29) is 0 Å². The van der Waals surface area contributed by atoms with Crippen LogP contribution in [0.5, 0.6) is 0 Å². The van der Waals surface area contributed by atoms with Crippen molar-refractivity contribution in [2.75, 3.05) is 33.4 Å². The second-order valence-electron chi connectivity index (χ2n) is 7.16. The summed E-state index contributed by atoms with van der Waals surface area (Å²) in [5, 5.41) is 0. The van der Waals surface area contributed by atoms with Gasteiger partial charge >= 0.3 is 0 Å². The summed E-state index contributed by atoms with van der Waals surface area (Å²) < 4.78 is 5.52. The minimum atomic E-state index is 0.329. The first-order chi connectivity index (χ1) is 8.37. The van der Waals surface area contributed by atoms with Gasteiger partial charge in [0.05, 0.1) is 6.61 Å². The molecule has 0 bridgehead atoms. The van der Waals surface area contributed by atoms with Gasteiger partial charge in [-0.25, -0.2) is 0 Å². The van der Waals surface area contributed by atoms with Gasteiger partial charge in [-0.3, -0.25) is 0 Å². The van der Waals surface area contributed by atoms with Crippen LogP contribution in [0.3, 0.4) is 0 Å². The number of ether oxygens (including phenoxy) is 1. The molecule has 0 aromatic heterocycles. The van der Waals surface area contributed by atoms with E-state index in [0.717, 1.165) is 45.1 Å². The second-order valence-corrected chi connectivity index (χ2v) is 7.16. The number of nitrogens with two attached hydrogens (primary N) is 1. The third-order valence-electron chi connectivity index (χ3n) is 3.58. The molecule has 0 aliphatic carbocycles. The monoisotopic (exact) mass is 256 g/mol. The van der Waals surface area contributed by atoms with Crippen LogP contribution in [-0.2, 0) is 4.74 Å². The van der Waals surface area contributed by atoms with Gasteiger partial charge in [0.25, 0.3) is 0 Å². The van der Waals surface area contributed by atoms with E-state index in [9.17, 15) is 0 Å². The molecule has 1 aliphatic rings. The van der Waals surface area contributed by atoms with Crippen molar-refractivity contribution in [3.05, 3.63) is 0 Å². The van der Waals surface area contributed by atoms with Crippen LogP contribution in [0.25, 0.3) is 0 Å². The molecule has 0 spiro atoms. The van der Waals surface area contributed by atoms with Gasteiger partial charge in [0.2, 0.25) is 0 Å². The predicted molar refractivity (Wildman–Crippen MR) is 77.7 cm³/mol. The highest BCUT2D eigenvalue weighted by Gasteiger charge is 2.18. The van der Waals surface area contributed by atoms with Crippen LogP contribution in [0.4, 0.5) is 0 Å². The Kier molecular flexibility index (Phi) is 6.61.